The van der Waals surface area contributed by atoms with Crippen LogP contribution in [0.25, 0.3) is 0 Å². The molecule has 1 N–H and O–H groups in total. The maximum Gasteiger partial charge on any atom is 0.242 e. The maximum absolute atomic E-state index is 13.1. The van der Waals surface area contributed by atoms with Gasteiger partial charge in [0.15, 0.2) is 0 Å². The zero-order valence-electron chi connectivity index (χ0n) is 15.8. The zero-order valence-corrected chi connectivity index (χ0v) is 17.4. The molecule has 0 spiro atoms. The van der Waals surface area contributed by atoms with Crippen LogP contribution in [0.3, 0.4) is 0 Å². The molecule has 0 saturated carbocycles. The van der Waals surface area contributed by atoms with Crippen molar-refractivity contribution < 1.29 is 14.0 Å². The summed E-state index contributed by atoms with van der Waals surface area (Å²) in [6, 6.07) is 10.1. The van der Waals surface area contributed by atoms with Crippen molar-refractivity contribution >= 4 is 35.0 Å². The minimum absolute atomic E-state index is 0.0525. The van der Waals surface area contributed by atoms with E-state index in [1.165, 1.54) is 17.0 Å². The van der Waals surface area contributed by atoms with Crippen LogP contribution in [0.15, 0.2) is 42.5 Å². The molecule has 0 saturated heterocycles. The Hall–Kier alpha value is -2.11. The minimum atomic E-state index is -0.689. The molecule has 28 heavy (non-hydrogen) atoms. The Labute approximate surface area is 174 Å². The average molecular weight is 425 g/mol. The number of nitrogens with one attached hydrogen (secondary N) is 1. The fraction of sp³-hybridized carbons (Fsp3) is 0.333. The Morgan fingerprint density at radius 3 is 2.43 bits per heavy atom. The second-order valence-electron chi connectivity index (χ2n) is 6.53. The number of hydrogen-bond acceptors (Lipinski definition) is 2. The van der Waals surface area contributed by atoms with Crippen molar-refractivity contribution in [1.29, 1.82) is 0 Å². The summed E-state index contributed by atoms with van der Waals surface area (Å²) in [5, 5.41) is 3.73. The van der Waals surface area contributed by atoms with Crippen molar-refractivity contribution in [1.82, 2.24) is 10.2 Å². The number of carbonyl (C=O) groups is 2. The molecule has 150 valence electrons. The van der Waals surface area contributed by atoms with E-state index in [0.717, 1.165) is 6.42 Å². The van der Waals surface area contributed by atoms with E-state index in [1.807, 2.05) is 6.92 Å². The molecule has 2 aromatic rings. The minimum Gasteiger partial charge on any atom is -0.354 e. The van der Waals surface area contributed by atoms with Gasteiger partial charge in [0.2, 0.25) is 11.8 Å². The molecule has 0 bridgehead atoms. The summed E-state index contributed by atoms with van der Waals surface area (Å²) in [5.74, 6) is -0.857. The van der Waals surface area contributed by atoms with E-state index in [9.17, 15) is 14.0 Å². The predicted molar refractivity (Wildman–Crippen MR) is 110 cm³/mol. The van der Waals surface area contributed by atoms with Gasteiger partial charge in [-0.1, -0.05) is 48.3 Å². The number of halogens is 3. The van der Waals surface area contributed by atoms with Gasteiger partial charge in [-0.3, -0.25) is 9.59 Å². The molecule has 0 aliphatic rings. The van der Waals surface area contributed by atoms with E-state index >= 15 is 0 Å². The standard InChI is InChI=1S/C21H23Cl2FN2O2/c1-3-10-25-21(28)14(2)26(13-16-6-7-17(22)12-19(16)23)20(27)11-15-4-8-18(24)9-5-15/h4-9,12,14H,3,10-11,13H2,1-2H3,(H,25,28)/t14-/m0/s1. The third kappa shape index (κ3) is 6.21. The van der Waals surface area contributed by atoms with E-state index in [0.29, 0.717) is 27.7 Å². The van der Waals surface area contributed by atoms with Gasteiger partial charge >= 0.3 is 0 Å². The van der Waals surface area contributed by atoms with Crippen LogP contribution in [-0.2, 0) is 22.6 Å². The molecule has 0 aliphatic carbocycles. The Morgan fingerprint density at radius 1 is 1.14 bits per heavy atom. The highest BCUT2D eigenvalue weighted by Crippen LogP contribution is 2.23. The fourth-order valence-electron chi connectivity index (χ4n) is 2.69. The molecular weight excluding hydrogens is 402 g/mol. The normalized spacial score (nSPS) is 11.8. The fourth-order valence-corrected chi connectivity index (χ4v) is 3.16. The van der Waals surface area contributed by atoms with E-state index in [1.54, 1.807) is 37.3 Å². The lowest BCUT2D eigenvalue weighted by Crippen LogP contribution is -2.48. The van der Waals surface area contributed by atoms with Crippen molar-refractivity contribution in [3.8, 4) is 0 Å². The van der Waals surface area contributed by atoms with Gasteiger partial charge in [0.1, 0.15) is 11.9 Å². The Kier molecular flexibility index (Phi) is 8.27. The molecular formula is C21H23Cl2FN2O2. The van der Waals surface area contributed by atoms with Crippen LogP contribution in [0.2, 0.25) is 10.0 Å². The molecule has 2 rings (SSSR count). The van der Waals surface area contributed by atoms with Gasteiger partial charge in [0.25, 0.3) is 0 Å². The van der Waals surface area contributed by atoms with E-state index in [4.69, 9.17) is 23.2 Å². The van der Waals surface area contributed by atoms with Crippen LogP contribution in [0, 0.1) is 5.82 Å². The van der Waals surface area contributed by atoms with Gasteiger partial charge < -0.3 is 10.2 Å². The van der Waals surface area contributed by atoms with Crippen molar-refractivity contribution in [2.24, 2.45) is 0 Å². The molecule has 2 aromatic carbocycles. The summed E-state index contributed by atoms with van der Waals surface area (Å²) in [6.45, 7) is 4.33. The lowest BCUT2D eigenvalue weighted by molar-refractivity contribution is -0.140. The number of rotatable bonds is 8. The highest BCUT2D eigenvalue weighted by Gasteiger charge is 2.26. The molecule has 0 aliphatic heterocycles. The molecule has 0 fully saturated rings. The Bertz CT molecular complexity index is 828. The summed E-state index contributed by atoms with van der Waals surface area (Å²) in [7, 11) is 0. The van der Waals surface area contributed by atoms with Gasteiger partial charge in [-0.15, -0.1) is 0 Å². The molecule has 0 unspecified atom stereocenters. The zero-order chi connectivity index (χ0) is 20.7. The summed E-state index contributed by atoms with van der Waals surface area (Å²) < 4.78 is 13.1. The first kappa shape index (κ1) is 22.2. The summed E-state index contributed by atoms with van der Waals surface area (Å²) in [6.07, 6.45) is 0.849. The van der Waals surface area contributed by atoms with Gasteiger partial charge in [-0.05, 0) is 48.7 Å². The van der Waals surface area contributed by atoms with Crippen molar-refractivity contribution in [2.75, 3.05) is 6.54 Å². The van der Waals surface area contributed by atoms with Crippen LogP contribution >= 0.6 is 23.2 Å². The van der Waals surface area contributed by atoms with Crippen LogP contribution in [0.5, 0.6) is 0 Å². The first-order valence-corrected chi connectivity index (χ1v) is 9.83. The highest BCUT2D eigenvalue weighted by atomic mass is 35.5. The number of amides is 2. The number of nitrogens with zero attached hydrogens (tertiary/aromatic N) is 1. The van der Waals surface area contributed by atoms with E-state index < -0.39 is 6.04 Å². The second kappa shape index (κ2) is 10.4. The SMILES string of the molecule is CCCNC(=O)[C@H](C)N(Cc1ccc(Cl)cc1Cl)C(=O)Cc1ccc(F)cc1. The van der Waals surface area contributed by atoms with E-state index in [2.05, 4.69) is 5.32 Å². The lowest BCUT2D eigenvalue weighted by atomic mass is 10.1. The first-order valence-electron chi connectivity index (χ1n) is 9.07. The van der Waals surface area contributed by atoms with Crippen LogP contribution in [0.4, 0.5) is 4.39 Å². The Balaban J connectivity index is 2.24. The largest absolute Gasteiger partial charge is 0.354 e. The Morgan fingerprint density at radius 2 is 1.82 bits per heavy atom. The molecule has 1 atom stereocenters. The van der Waals surface area contributed by atoms with Gasteiger partial charge in [-0.25, -0.2) is 4.39 Å². The third-order valence-electron chi connectivity index (χ3n) is 4.34. The van der Waals surface area contributed by atoms with Gasteiger partial charge in [0.05, 0.1) is 6.42 Å². The smallest absolute Gasteiger partial charge is 0.242 e. The molecule has 4 nitrogen and oxygen atoms in total. The maximum atomic E-state index is 13.1. The van der Waals surface area contributed by atoms with Crippen LogP contribution in [0.1, 0.15) is 31.4 Å². The van der Waals surface area contributed by atoms with Gasteiger partial charge in [-0.2, -0.15) is 0 Å². The highest BCUT2D eigenvalue weighted by molar-refractivity contribution is 6.35. The second-order valence-corrected chi connectivity index (χ2v) is 7.37. The molecule has 0 radical (unpaired) electrons. The van der Waals surface area contributed by atoms with Crippen molar-refractivity contribution in [2.45, 2.75) is 39.3 Å². The first-order chi connectivity index (χ1) is 13.3. The predicted octanol–water partition coefficient (Wildman–Crippen LogP) is 4.62. The molecule has 2 amide bonds. The number of carbonyl (C=O) groups excluding carboxylic acids is 2. The quantitative estimate of drug-likeness (QED) is 0.671. The molecule has 0 heterocycles. The summed E-state index contributed by atoms with van der Waals surface area (Å²) in [5.41, 5.74) is 1.36. The molecule has 0 aromatic heterocycles. The monoisotopic (exact) mass is 424 g/mol. The van der Waals surface area contributed by atoms with Crippen LogP contribution < -0.4 is 5.32 Å². The molecule has 7 heteroatoms. The number of benzene rings is 2. The van der Waals surface area contributed by atoms with Crippen molar-refractivity contribution in [3.63, 3.8) is 0 Å². The topological polar surface area (TPSA) is 49.4 Å². The van der Waals surface area contributed by atoms with Crippen molar-refractivity contribution in [3.05, 3.63) is 69.5 Å². The number of hydrogen-bond donors (Lipinski definition) is 1. The third-order valence-corrected chi connectivity index (χ3v) is 4.93. The average Bonchev–Trinajstić information content (AvgIpc) is 2.66. The summed E-state index contributed by atoms with van der Waals surface area (Å²) in [4.78, 5) is 26.9. The lowest BCUT2D eigenvalue weighted by Gasteiger charge is -2.29. The van der Waals surface area contributed by atoms with E-state index in [-0.39, 0.29) is 30.6 Å². The van der Waals surface area contributed by atoms with Gasteiger partial charge in [0, 0.05) is 23.1 Å². The summed E-state index contributed by atoms with van der Waals surface area (Å²) >= 11 is 12.2. The van der Waals surface area contributed by atoms with Crippen LogP contribution in [-0.4, -0.2) is 29.3 Å².